The summed E-state index contributed by atoms with van der Waals surface area (Å²) in [5.41, 5.74) is 3.14. The fourth-order valence-electron chi connectivity index (χ4n) is 3.15. The maximum Gasteiger partial charge on any atom is 0.228 e. The second kappa shape index (κ2) is 9.03. The van der Waals surface area contributed by atoms with Crippen LogP contribution in [0.25, 0.3) is 11.4 Å². The molecular weight excluding hydrogens is 362 g/mol. The first kappa shape index (κ1) is 20.8. The summed E-state index contributed by atoms with van der Waals surface area (Å²) in [6.45, 7) is 9.40. The van der Waals surface area contributed by atoms with Crippen molar-refractivity contribution in [2.45, 2.75) is 47.1 Å². The highest BCUT2D eigenvalue weighted by atomic mass is 16.5. The molecule has 0 fully saturated rings. The van der Waals surface area contributed by atoms with Crippen LogP contribution in [0.15, 0.2) is 59.1 Å². The van der Waals surface area contributed by atoms with E-state index in [9.17, 15) is 4.79 Å². The van der Waals surface area contributed by atoms with E-state index in [1.807, 2.05) is 66.4 Å². The smallest absolute Gasteiger partial charge is 0.228 e. The highest BCUT2D eigenvalue weighted by Crippen LogP contribution is 2.21. The highest BCUT2D eigenvalue weighted by molar-refractivity contribution is 5.76. The average molecular weight is 392 g/mol. The molecule has 29 heavy (non-hydrogen) atoms. The fourth-order valence-corrected chi connectivity index (χ4v) is 3.15. The van der Waals surface area contributed by atoms with Gasteiger partial charge in [0.25, 0.3) is 0 Å². The van der Waals surface area contributed by atoms with E-state index in [0.717, 1.165) is 16.7 Å². The molecule has 0 bridgehead atoms. The normalized spacial score (nSPS) is 11.4. The van der Waals surface area contributed by atoms with Crippen molar-refractivity contribution in [3.8, 4) is 11.4 Å². The molecule has 2 aromatic carbocycles. The third kappa shape index (κ3) is 6.28. The summed E-state index contributed by atoms with van der Waals surface area (Å²) < 4.78 is 5.44. The molecule has 3 rings (SSSR count). The molecule has 0 aliphatic carbocycles. The van der Waals surface area contributed by atoms with Gasteiger partial charge in [-0.1, -0.05) is 80.0 Å². The van der Waals surface area contributed by atoms with Crippen LogP contribution in [-0.2, 0) is 17.8 Å². The molecule has 0 atom stereocenters. The third-order valence-electron chi connectivity index (χ3n) is 4.59. The molecule has 1 amide bonds. The van der Waals surface area contributed by atoms with Crippen molar-refractivity contribution in [3.63, 3.8) is 0 Å². The van der Waals surface area contributed by atoms with E-state index in [4.69, 9.17) is 4.52 Å². The first-order valence-corrected chi connectivity index (χ1v) is 10.0. The maximum absolute atomic E-state index is 12.9. The Morgan fingerprint density at radius 3 is 2.52 bits per heavy atom. The summed E-state index contributed by atoms with van der Waals surface area (Å²) >= 11 is 0. The summed E-state index contributed by atoms with van der Waals surface area (Å²) in [6.07, 6.45) is 1.03. The van der Waals surface area contributed by atoms with Crippen LogP contribution in [0.2, 0.25) is 0 Å². The van der Waals surface area contributed by atoms with E-state index in [1.54, 1.807) is 0 Å². The first-order chi connectivity index (χ1) is 13.8. The second-order valence-electron chi connectivity index (χ2n) is 8.67. The van der Waals surface area contributed by atoms with Gasteiger partial charge < -0.3 is 9.42 Å². The molecule has 152 valence electrons. The maximum atomic E-state index is 12.9. The predicted molar refractivity (Wildman–Crippen MR) is 114 cm³/mol. The number of benzene rings is 2. The standard InChI is InChI=1S/C24H29N3O2/c1-18-9-8-12-20(15-18)23-25-21(29-26-23)13-14-27(22(28)16-24(2,3)4)17-19-10-6-5-7-11-19/h5-12,15H,13-14,16-17H2,1-4H3. The zero-order valence-electron chi connectivity index (χ0n) is 17.7. The number of carbonyl (C=O) groups excluding carboxylic acids is 1. The van der Waals surface area contributed by atoms with Crippen LogP contribution < -0.4 is 0 Å². The number of aromatic nitrogens is 2. The Labute approximate surface area is 172 Å². The van der Waals surface area contributed by atoms with Crippen molar-refractivity contribution >= 4 is 5.91 Å². The molecule has 3 aromatic rings. The minimum absolute atomic E-state index is 0.0607. The average Bonchev–Trinajstić information content (AvgIpc) is 3.13. The highest BCUT2D eigenvalue weighted by Gasteiger charge is 2.22. The minimum Gasteiger partial charge on any atom is -0.339 e. The van der Waals surface area contributed by atoms with Gasteiger partial charge in [-0.3, -0.25) is 4.79 Å². The van der Waals surface area contributed by atoms with E-state index < -0.39 is 0 Å². The van der Waals surface area contributed by atoms with Gasteiger partial charge in [-0.05, 0) is 24.0 Å². The van der Waals surface area contributed by atoms with Gasteiger partial charge in [0.15, 0.2) is 0 Å². The molecule has 5 heteroatoms. The van der Waals surface area contributed by atoms with E-state index in [0.29, 0.717) is 37.6 Å². The monoisotopic (exact) mass is 391 g/mol. The molecule has 0 N–H and O–H groups in total. The number of nitrogens with zero attached hydrogens (tertiary/aromatic N) is 3. The van der Waals surface area contributed by atoms with Crippen LogP contribution in [0, 0.1) is 12.3 Å². The van der Waals surface area contributed by atoms with Gasteiger partial charge >= 0.3 is 0 Å². The first-order valence-electron chi connectivity index (χ1n) is 10.0. The summed E-state index contributed by atoms with van der Waals surface area (Å²) in [5.74, 6) is 1.27. The van der Waals surface area contributed by atoms with Gasteiger partial charge in [0.1, 0.15) is 0 Å². The molecule has 0 unspecified atom stereocenters. The van der Waals surface area contributed by atoms with Crippen molar-refractivity contribution in [1.29, 1.82) is 0 Å². The number of carbonyl (C=O) groups is 1. The molecular formula is C24H29N3O2. The van der Waals surface area contributed by atoms with Crippen molar-refractivity contribution in [1.82, 2.24) is 15.0 Å². The molecule has 0 saturated heterocycles. The lowest BCUT2D eigenvalue weighted by molar-refractivity contribution is -0.133. The Hall–Kier alpha value is -2.95. The van der Waals surface area contributed by atoms with Gasteiger partial charge in [-0.25, -0.2) is 0 Å². The van der Waals surface area contributed by atoms with Gasteiger partial charge in [-0.15, -0.1) is 0 Å². The van der Waals surface area contributed by atoms with Crippen LogP contribution in [0.3, 0.4) is 0 Å². The van der Waals surface area contributed by atoms with Gasteiger partial charge in [0.2, 0.25) is 17.6 Å². The molecule has 1 heterocycles. The van der Waals surface area contributed by atoms with E-state index >= 15 is 0 Å². The van der Waals surface area contributed by atoms with E-state index in [2.05, 4.69) is 30.9 Å². The molecule has 0 saturated carbocycles. The van der Waals surface area contributed by atoms with Crippen molar-refractivity contribution in [3.05, 3.63) is 71.6 Å². The van der Waals surface area contributed by atoms with Crippen LogP contribution >= 0.6 is 0 Å². The third-order valence-corrected chi connectivity index (χ3v) is 4.59. The van der Waals surface area contributed by atoms with E-state index in [1.165, 1.54) is 0 Å². The fraction of sp³-hybridized carbons (Fsp3) is 0.375. The summed E-state index contributed by atoms with van der Waals surface area (Å²) in [6, 6.07) is 18.1. The van der Waals surface area contributed by atoms with Crippen molar-refractivity contribution in [2.24, 2.45) is 5.41 Å². The lowest BCUT2D eigenvalue weighted by Gasteiger charge is -2.26. The van der Waals surface area contributed by atoms with Crippen LogP contribution in [0.5, 0.6) is 0 Å². The Morgan fingerprint density at radius 2 is 1.83 bits per heavy atom. The second-order valence-corrected chi connectivity index (χ2v) is 8.67. The molecule has 0 spiro atoms. The zero-order chi connectivity index (χ0) is 20.9. The predicted octanol–water partition coefficient (Wildman–Crippen LogP) is 5.05. The quantitative estimate of drug-likeness (QED) is 0.565. The molecule has 0 radical (unpaired) electrons. The Bertz CT molecular complexity index is 942. The lowest BCUT2D eigenvalue weighted by atomic mass is 9.91. The number of hydrogen-bond acceptors (Lipinski definition) is 4. The number of hydrogen-bond donors (Lipinski definition) is 0. The zero-order valence-corrected chi connectivity index (χ0v) is 17.7. The Balaban J connectivity index is 1.70. The molecule has 5 nitrogen and oxygen atoms in total. The largest absolute Gasteiger partial charge is 0.339 e. The summed E-state index contributed by atoms with van der Waals surface area (Å²) in [4.78, 5) is 19.3. The van der Waals surface area contributed by atoms with Crippen molar-refractivity contribution in [2.75, 3.05) is 6.54 Å². The Morgan fingerprint density at radius 1 is 1.07 bits per heavy atom. The number of aryl methyl sites for hydroxylation is 1. The van der Waals surface area contributed by atoms with Crippen LogP contribution in [0.4, 0.5) is 0 Å². The van der Waals surface area contributed by atoms with Gasteiger partial charge in [0.05, 0.1) is 0 Å². The molecule has 1 aromatic heterocycles. The summed E-state index contributed by atoms with van der Waals surface area (Å²) in [7, 11) is 0. The molecule has 0 aliphatic heterocycles. The number of amides is 1. The minimum atomic E-state index is -0.0607. The van der Waals surface area contributed by atoms with Crippen LogP contribution in [0.1, 0.15) is 44.2 Å². The van der Waals surface area contributed by atoms with Crippen molar-refractivity contribution < 1.29 is 9.32 Å². The SMILES string of the molecule is Cc1cccc(-c2noc(CCN(Cc3ccccc3)C(=O)CC(C)(C)C)n2)c1. The molecule has 0 aliphatic rings. The topological polar surface area (TPSA) is 59.2 Å². The van der Waals surface area contributed by atoms with Gasteiger partial charge in [-0.2, -0.15) is 4.98 Å². The van der Waals surface area contributed by atoms with E-state index in [-0.39, 0.29) is 11.3 Å². The van der Waals surface area contributed by atoms with Crippen LogP contribution in [-0.4, -0.2) is 27.5 Å². The Kier molecular flexibility index (Phi) is 6.47. The lowest BCUT2D eigenvalue weighted by Crippen LogP contribution is -2.34. The number of rotatable bonds is 7. The van der Waals surface area contributed by atoms with Gasteiger partial charge in [0, 0.05) is 31.5 Å². The summed E-state index contributed by atoms with van der Waals surface area (Å²) in [5, 5.41) is 4.10.